The number of methoxy groups -OCH3 is 1. The van der Waals surface area contributed by atoms with E-state index in [2.05, 4.69) is 56.3 Å². The normalized spacial score (nSPS) is 18.6. The minimum atomic E-state index is -0.276. The summed E-state index contributed by atoms with van der Waals surface area (Å²) in [5.74, 6) is 0.839. The Balaban J connectivity index is 1.93. The Hall–Kier alpha value is -2.52. The average molecular weight is 488 g/mol. The highest BCUT2D eigenvalue weighted by atomic mass is 32.1. The Labute approximate surface area is 206 Å². The minimum absolute atomic E-state index is 0.125. The summed E-state index contributed by atoms with van der Waals surface area (Å²) >= 11 is 1.66. The highest BCUT2D eigenvalue weighted by Crippen LogP contribution is 2.26. The molecule has 3 rings (SSSR count). The molecule has 0 radical (unpaired) electrons. The van der Waals surface area contributed by atoms with Crippen LogP contribution < -0.4 is 10.6 Å². The molecule has 9 heteroatoms. The van der Waals surface area contributed by atoms with Crippen molar-refractivity contribution in [3.63, 3.8) is 0 Å². The van der Waals surface area contributed by atoms with Gasteiger partial charge in [-0.25, -0.2) is 9.97 Å². The average Bonchev–Trinajstić information content (AvgIpc) is 3.33. The summed E-state index contributed by atoms with van der Waals surface area (Å²) in [6, 6.07) is 3.93. The number of nitrogens with one attached hydrogen (secondary N) is 2. The fourth-order valence-corrected chi connectivity index (χ4v) is 4.71. The van der Waals surface area contributed by atoms with E-state index in [9.17, 15) is 9.59 Å². The standard InChI is InChI=1S/C25H37N5O3S/c1-16(2)15-30(18-10-17(11-26-12-18)23(32)33-6)22(31)20-14-28-24(25(3,4)5)29-21(20)27-13-19-8-7-9-34-19/h7-9,14,16-18,26H,10-13,15H2,1-6H3,(H,27,28,29)/t17?,18-/m0/s1. The minimum Gasteiger partial charge on any atom is -0.469 e. The number of aromatic nitrogens is 2. The van der Waals surface area contributed by atoms with Crippen molar-refractivity contribution in [1.82, 2.24) is 20.2 Å². The molecule has 2 aromatic rings. The van der Waals surface area contributed by atoms with E-state index in [0.717, 1.165) is 4.88 Å². The van der Waals surface area contributed by atoms with Crippen molar-refractivity contribution in [2.75, 3.05) is 32.1 Å². The molecular formula is C25H37N5O3S. The van der Waals surface area contributed by atoms with Crippen LogP contribution in [-0.2, 0) is 21.5 Å². The fraction of sp³-hybridized carbons (Fsp3) is 0.600. The zero-order valence-corrected chi connectivity index (χ0v) is 21.9. The van der Waals surface area contributed by atoms with Gasteiger partial charge in [0.1, 0.15) is 17.2 Å². The molecule has 34 heavy (non-hydrogen) atoms. The van der Waals surface area contributed by atoms with E-state index < -0.39 is 0 Å². The van der Waals surface area contributed by atoms with Gasteiger partial charge in [0.05, 0.1) is 19.6 Å². The molecule has 8 nitrogen and oxygen atoms in total. The van der Waals surface area contributed by atoms with Gasteiger partial charge in [0.15, 0.2) is 0 Å². The maximum Gasteiger partial charge on any atom is 0.310 e. The topological polar surface area (TPSA) is 96.5 Å². The summed E-state index contributed by atoms with van der Waals surface area (Å²) in [7, 11) is 1.41. The predicted molar refractivity (Wildman–Crippen MR) is 135 cm³/mol. The number of ether oxygens (including phenoxy) is 1. The second-order valence-electron chi connectivity index (χ2n) is 10.3. The Morgan fingerprint density at radius 1 is 1.32 bits per heavy atom. The molecule has 2 N–H and O–H groups in total. The second-order valence-corrected chi connectivity index (χ2v) is 11.3. The number of amides is 1. The maximum atomic E-state index is 13.9. The summed E-state index contributed by atoms with van der Waals surface area (Å²) in [5.41, 5.74) is 0.199. The molecule has 1 fully saturated rings. The van der Waals surface area contributed by atoms with Gasteiger partial charge in [-0.2, -0.15) is 0 Å². The SMILES string of the molecule is COC(=O)C1CNC[C@@H](N(CC(C)C)C(=O)c2cnc(C(C)(C)C)nc2NCc2cccs2)C1. The number of rotatable bonds is 8. The van der Waals surface area contributed by atoms with Gasteiger partial charge in [-0.3, -0.25) is 9.59 Å². The molecule has 1 aliphatic rings. The number of piperidine rings is 1. The lowest BCUT2D eigenvalue weighted by molar-refractivity contribution is -0.146. The lowest BCUT2D eigenvalue weighted by Gasteiger charge is -2.38. The smallest absolute Gasteiger partial charge is 0.310 e. The summed E-state index contributed by atoms with van der Waals surface area (Å²) in [4.78, 5) is 38.5. The lowest BCUT2D eigenvalue weighted by atomic mass is 9.93. The molecule has 3 heterocycles. The summed E-state index contributed by atoms with van der Waals surface area (Å²) in [6.07, 6.45) is 2.21. The summed E-state index contributed by atoms with van der Waals surface area (Å²) in [6.45, 7) is 12.7. The van der Waals surface area contributed by atoms with Crippen LogP contribution in [0.25, 0.3) is 0 Å². The lowest BCUT2D eigenvalue weighted by Crippen LogP contribution is -2.53. The molecule has 0 bridgehead atoms. The zero-order chi connectivity index (χ0) is 24.9. The van der Waals surface area contributed by atoms with Crippen LogP contribution in [0, 0.1) is 11.8 Å². The quantitative estimate of drug-likeness (QED) is 0.548. The van der Waals surface area contributed by atoms with Crippen molar-refractivity contribution in [1.29, 1.82) is 0 Å². The first-order valence-electron chi connectivity index (χ1n) is 11.8. The molecule has 186 valence electrons. The third-order valence-corrected chi connectivity index (χ3v) is 6.70. The highest BCUT2D eigenvalue weighted by Gasteiger charge is 2.35. The Bertz CT molecular complexity index is 971. The van der Waals surface area contributed by atoms with Crippen LogP contribution in [0.3, 0.4) is 0 Å². The van der Waals surface area contributed by atoms with Gasteiger partial charge in [0.2, 0.25) is 0 Å². The van der Waals surface area contributed by atoms with Crippen molar-refractivity contribution in [3.8, 4) is 0 Å². The first kappa shape index (κ1) is 26.1. The number of esters is 1. The first-order chi connectivity index (χ1) is 16.1. The third-order valence-electron chi connectivity index (χ3n) is 5.83. The van der Waals surface area contributed by atoms with Gasteiger partial charge in [0.25, 0.3) is 5.91 Å². The van der Waals surface area contributed by atoms with Crippen LogP contribution in [0.15, 0.2) is 23.7 Å². The number of nitrogens with zero attached hydrogens (tertiary/aromatic N) is 3. The van der Waals surface area contributed by atoms with Crippen LogP contribution in [0.5, 0.6) is 0 Å². The molecule has 0 aliphatic carbocycles. The molecule has 1 amide bonds. The predicted octanol–water partition coefficient (Wildman–Crippen LogP) is 3.70. The van der Waals surface area contributed by atoms with Crippen LogP contribution in [0.2, 0.25) is 0 Å². The van der Waals surface area contributed by atoms with E-state index >= 15 is 0 Å². The van der Waals surface area contributed by atoms with Gasteiger partial charge in [0, 0.05) is 42.2 Å². The van der Waals surface area contributed by atoms with E-state index in [1.165, 1.54) is 7.11 Å². The number of thiophene rings is 1. The highest BCUT2D eigenvalue weighted by molar-refractivity contribution is 7.09. The van der Waals surface area contributed by atoms with Crippen molar-refractivity contribution in [3.05, 3.63) is 40.0 Å². The van der Waals surface area contributed by atoms with Crippen LogP contribution in [0.1, 0.15) is 62.1 Å². The van der Waals surface area contributed by atoms with Crippen LogP contribution in [0.4, 0.5) is 5.82 Å². The van der Waals surface area contributed by atoms with E-state index in [0.29, 0.717) is 49.8 Å². The van der Waals surface area contributed by atoms with E-state index in [1.807, 2.05) is 16.3 Å². The van der Waals surface area contributed by atoms with Crippen molar-refractivity contribution in [2.24, 2.45) is 11.8 Å². The van der Waals surface area contributed by atoms with Gasteiger partial charge in [-0.05, 0) is 23.8 Å². The second kappa shape index (κ2) is 11.3. The van der Waals surface area contributed by atoms with Gasteiger partial charge >= 0.3 is 5.97 Å². The fourth-order valence-electron chi connectivity index (χ4n) is 4.07. The number of anilines is 1. The molecule has 1 unspecified atom stereocenters. The molecular weight excluding hydrogens is 450 g/mol. The molecule has 2 aromatic heterocycles. The summed E-state index contributed by atoms with van der Waals surface area (Å²) < 4.78 is 4.96. The molecule has 1 saturated heterocycles. The van der Waals surface area contributed by atoms with E-state index in [1.54, 1.807) is 17.5 Å². The third kappa shape index (κ3) is 6.54. The van der Waals surface area contributed by atoms with E-state index in [4.69, 9.17) is 9.72 Å². The van der Waals surface area contributed by atoms with Gasteiger partial charge in [-0.15, -0.1) is 11.3 Å². The van der Waals surface area contributed by atoms with Crippen molar-refractivity contribution < 1.29 is 14.3 Å². The Kier molecular flexibility index (Phi) is 8.65. The number of hydrogen-bond donors (Lipinski definition) is 2. The molecule has 0 aromatic carbocycles. The first-order valence-corrected chi connectivity index (χ1v) is 12.7. The van der Waals surface area contributed by atoms with E-state index in [-0.39, 0.29) is 35.2 Å². The zero-order valence-electron chi connectivity index (χ0n) is 21.1. The monoisotopic (exact) mass is 487 g/mol. The van der Waals surface area contributed by atoms with Crippen LogP contribution >= 0.6 is 11.3 Å². The molecule has 1 aliphatic heterocycles. The van der Waals surface area contributed by atoms with Crippen molar-refractivity contribution in [2.45, 2.75) is 59.0 Å². The number of hydrogen-bond acceptors (Lipinski definition) is 8. The number of carbonyl (C=O) groups excluding carboxylic acids is 2. The van der Waals surface area contributed by atoms with Gasteiger partial charge < -0.3 is 20.3 Å². The Morgan fingerprint density at radius 2 is 2.09 bits per heavy atom. The van der Waals surface area contributed by atoms with Crippen molar-refractivity contribution >= 4 is 29.0 Å². The molecule has 0 spiro atoms. The van der Waals surface area contributed by atoms with Gasteiger partial charge in [-0.1, -0.05) is 40.7 Å². The molecule has 0 saturated carbocycles. The molecule has 2 atom stereocenters. The number of carbonyl (C=O) groups is 2. The maximum absolute atomic E-state index is 13.9. The Morgan fingerprint density at radius 3 is 2.71 bits per heavy atom. The largest absolute Gasteiger partial charge is 0.469 e. The van der Waals surface area contributed by atoms with Crippen LogP contribution in [-0.4, -0.2) is 59.5 Å². The summed E-state index contributed by atoms with van der Waals surface area (Å²) in [5, 5.41) is 8.72.